The van der Waals surface area contributed by atoms with Crippen LogP contribution < -0.4 is 5.32 Å². The Morgan fingerprint density at radius 3 is 2.42 bits per heavy atom. The average molecular weight is 286 g/mol. The first-order valence-corrected chi connectivity index (χ1v) is 7.75. The van der Waals surface area contributed by atoms with Crippen LogP contribution in [0.15, 0.2) is 24.3 Å². The molecule has 0 saturated carbocycles. The van der Waals surface area contributed by atoms with Crippen molar-refractivity contribution >= 4 is 10.0 Å². The molecular formula is C13H22N2O3S. The van der Waals surface area contributed by atoms with Crippen molar-refractivity contribution < 1.29 is 13.2 Å². The summed E-state index contributed by atoms with van der Waals surface area (Å²) in [7, 11) is 1.62. The van der Waals surface area contributed by atoms with Gasteiger partial charge in [0.2, 0.25) is 10.0 Å². The third kappa shape index (κ3) is 5.28. The van der Waals surface area contributed by atoms with Crippen molar-refractivity contribution in [2.45, 2.75) is 13.2 Å². The monoisotopic (exact) mass is 286 g/mol. The molecule has 1 aromatic rings. The fourth-order valence-electron chi connectivity index (χ4n) is 1.63. The van der Waals surface area contributed by atoms with Crippen LogP contribution >= 0.6 is 0 Å². The number of sulfonamides is 1. The van der Waals surface area contributed by atoms with Crippen molar-refractivity contribution in [1.29, 1.82) is 0 Å². The quantitative estimate of drug-likeness (QED) is 0.719. The third-order valence-corrected chi connectivity index (χ3v) is 4.66. The number of hydrogen-bond donors (Lipinski definition) is 1. The van der Waals surface area contributed by atoms with Crippen LogP contribution in [0.5, 0.6) is 0 Å². The van der Waals surface area contributed by atoms with E-state index in [2.05, 4.69) is 5.32 Å². The average Bonchev–Trinajstić information content (AvgIpc) is 2.36. The number of methoxy groups -OCH3 is 1. The molecule has 0 heterocycles. The normalized spacial score (nSPS) is 12.0. The Kier molecular flexibility index (Phi) is 6.44. The molecule has 1 rings (SSSR count). The zero-order chi connectivity index (χ0) is 14.3. The van der Waals surface area contributed by atoms with E-state index < -0.39 is 10.0 Å². The van der Waals surface area contributed by atoms with Crippen molar-refractivity contribution in [3.8, 4) is 0 Å². The number of nitrogens with zero attached hydrogens (tertiary/aromatic N) is 1. The summed E-state index contributed by atoms with van der Waals surface area (Å²) in [6.45, 7) is 1.64. The van der Waals surface area contributed by atoms with E-state index >= 15 is 0 Å². The molecule has 0 fully saturated rings. The van der Waals surface area contributed by atoms with Crippen LogP contribution in [0, 0.1) is 0 Å². The Bertz CT molecular complexity index is 486. The summed E-state index contributed by atoms with van der Waals surface area (Å²) in [6.07, 6.45) is 0. The summed E-state index contributed by atoms with van der Waals surface area (Å²) in [5, 5.41) is 3.15. The zero-order valence-corrected chi connectivity index (χ0v) is 12.5. The van der Waals surface area contributed by atoms with E-state index in [1.165, 1.54) is 4.31 Å². The van der Waals surface area contributed by atoms with E-state index in [9.17, 15) is 8.42 Å². The molecule has 19 heavy (non-hydrogen) atoms. The maximum Gasteiger partial charge on any atom is 0.214 e. The zero-order valence-electron chi connectivity index (χ0n) is 11.7. The molecule has 0 unspecified atom stereocenters. The molecule has 1 aromatic carbocycles. The lowest BCUT2D eigenvalue weighted by Crippen LogP contribution is -2.31. The van der Waals surface area contributed by atoms with Gasteiger partial charge in [0.15, 0.2) is 0 Å². The maximum atomic E-state index is 11.6. The topological polar surface area (TPSA) is 58.6 Å². The molecule has 0 aliphatic rings. The number of ether oxygens (including phenoxy) is 1. The summed E-state index contributed by atoms with van der Waals surface area (Å²) >= 11 is 0. The first-order chi connectivity index (χ1) is 8.97. The first kappa shape index (κ1) is 16.1. The van der Waals surface area contributed by atoms with E-state index in [1.54, 1.807) is 21.2 Å². The van der Waals surface area contributed by atoms with Crippen LogP contribution in [0.4, 0.5) is 0 Å². The fourth-order valence-corrected chi connectivity index (χ4v) is 2.40. The van der Waals surface area contributed by atoms with Crippen molar-refractivity contribution in [3.05, 3.63) is 35.4 Å². The predicted octanol–water partition coefficient (Wildman–Crippen LogP) is 0.814. The molecule has 1 N–H and O–H groups in total. The predicted molar refractivity (Wildman–Crippen MR) is 76.3 cm³/mol. The molecule has 0 aliphatic carbocycles. The van der Waals surface area contributed by atoms with Gasteiger partial charge in [-0.1, -0.05) is 24.3 Å². The summed E-state index contributed by atoms with van der Waals surface area (Å²) < 4.78 is 29.5. The van der Waals surface area contributed by atoms with Crippen LogP contribution in [-0.4, -0.2) is 46.2 Å². The summed E-state index contributed by atoms with van der Waals surface area (Å²) in [4.78, 5) is 0. The molecule has 0 aromatic heterocycles. The molecule has 0 bridgehead atoms. The third-order valence-electron chi connectivity index (χ3n) is 2.83. The van der Waals surface area contributed by atoms with Crippen LogP contribution in [0.3, 0.4) is 0 Å². The molecule has 0 radical (unpaired) electrons. The standard InChI is InChI=1S/C13H22N2O3S/c1-15(2)19(16,17)9-8-14-10-12-6-4-5-7-13(12)11-18-3/h4-7,14H,8-11H2,1-3H3. The van der Waals surface area contributed by atoms with Gasteiger partial charge >= 0.3 is 0 Å². The van der Waals surface area contributed by atoms with Crippen LogP contribution in [0.2, 0.25) is 0 Å². The van der Waals surface area contributed by atoms with E-state index in [-0.39, 0.29) is 5.75 Å². The Balaban J connectivity index is 2.46. The Hall–Kier alpha value is -0.950. The molecule has 5 nitrogen and oxygen atoms in total. The lowest BCUT2D eigenvalue weighted by Gasteiger charge is -2.13. The van der Waals surface area contributed by atoms with Gasteiger partial charge in [-0.3, -0.25) is 0 Å². The van der Waals surface area contributed by atoms with Gasteiger partial charge in [0, 0.05) is 34.3 Å². The number of benzene rings is 1. The van der Waals surface area contributed by atoms with E-state index in [1.807, 2.05) is 24.3 Å². The number of hydrogen-bond acceptors (Lipinski definition) is 4. The smallest absolute Gasteiger partial charge is 0.214 e. The SMILES string of the molecule is COCc1ccccc1CNCCS(=O)(=O)N(C)C. The second-order valence-electron chi connectivity index (χ2n) is 4.48. The minimum Gasteiger partial charge on any atom is -0.380 e. The van der Waals surface area contributed by atoms with Gasteiger partial charge in [0.1, 0.15) is 0 Å². The molecular weight excluding hydrogens is 264 g/mol. The largest absolute Gasteiger partial charge is 0.380 e. The van der Waals surface area contributed by atoms with Gasteiger partial charge in [0.05, 0.1) is 12.4 Å². The second kappa shape index (κ2) is 7.59. The summed E-state index contributed by atoms with van der Waals surface area (Å²) in [5.74, 6) is 0.104. The fraction of sp³-hybridized carbons (Fsp3) is 0.538. The molecule has 0 aliphatic heterocycles. The van der Waals surface area contributed by atoms with Crippen LogP contribution in [-0.2, 0) is 27.9 Å². The van der Waals surface area contributed by atoms with Crippen molar-refractivity contribution in [3.63, 3.8) is 0 Å². The lowest BCUT2D eigenvalue weighted by molar-refractivity contribution is 0.184. The lowest BCUT2D eigenvalue weighted by atomic mass is 10.1. The second-order valence-corrected chi connectivity index (χ2v) is 6.78. The number of rotatable bonds is 8. The van der Waals surface area contributed by atoms with Crippen LogP contribution in [0.1, 0.15) is 11.1 Å². The minimum absolute atomic E-state index is 0.104. The minimum atomic E-state index is -3.13. The van der Waals surface area contributed by atoms with Gasteiger partial charge < -0.3 is 10.1 Å². The highest BCUT2D eigenvalue weighted by molar-refractivity contribution is 7.89. The highest BCUT2D eigenvalue weighted by Gasteiger charge is 2.12. The van der Waals surface area contributed by atoms with E-state index in [4.69, 9.17) is 4.74 Å². The molecule has 6 heteroatoms. The van der Waals surface area contributed by atoms with Gasteiger partial charge in [-0.15, -0.1) is 0 Å². The Morgan fingerprint density at radius 1 is 1.21 bits per heavy atom. The van der Waals surface area contributed by atoms with Gasteiger partial charge in [0.25, 0.3) is 0 Å². The highest BCUT2D eigenvalue weighted by Crippen LogP contribution is 2.09. The van der Waals surface area contributed by atoms with Crippen molar-refractivity contribution in [2.24, 2.45) is 0 Å². The Labute approximate surface area is 115 Å². The summed E-state index contributed by atoms with van der Waals surface area (Å²) in [6, 6.07) is 7.96. The van der Waals surface area contributed by atoms with Gasteiger partial charge in [-0.25, -0.2) is 12.7 Å². The van der Waals surface area contributed by atoms with Gasteiger partial charge in [-0.05, 0) is 11.1 Å². The molecule has 108 valence electrons. The van der Waals surface area contributed by atoms with Crippen molar-refractivity contribution in [1.82, 2.24) is 9.62 Å². The maximum absolute atomic E-state index is 11.6. The Morgan fingerprint density at radius 2 is 1.84 bits per heavy atom. The van der Waals surface area contributed by atoms with Gasteiger partial charge in [-0.2, -0.15) is 0 Å². The molecule has 0 atom stereocenters. The van der Waals surface area contributed by atoms with Crippen LogP contribution in [0.25, 0.3) is 0 Å². The van der Waals surface area contributed by atoms with E-state index in [0.29, 0.717) is 19.7 Å². The summed E-state index contributed by atoms with van der Waals surface area (Å²) in [5.41, 5.74) is 2.25. The molecule has 0 saturated heterocycles. The molecule has 0 amide bonds. The molecule has 0 spiro atoms. The van der Waals surface area contributed by atoms with E-state index in [0.717, 1.165) is 11.1 Å². The first-order valence-electron chi connectivity index (χ1n) is 6.14. The highest BCUT2D eigenvalue weighted by atomic mass is 32.2. The van der Waals surface area contributed by atoms with Crippen molar-refractivity contribution in [2.75, 3.05) is 33.5 Å². The number of nitrogens with one attached hydrogen (secondary N) is 1.